The highest BCUT2D eigenvalue weighted by Crippen LogP contribution is 2.21. The number of fused-ring (bicyclic) bond motifs is 1. The third kappa shape index (κ3) is 2.99. The number of nitrogens with zero attached hydrogens (tertiary/aromatic N) is 1. The van der Waals surface area contributed by atoms with E-state index < -0.39 is 0 Å². The molecule has 0 bridgehead atoms. The maximum Gasteiger partial charge on any atom is 0.273 e. The number of carbonyl (C=O) groups is 1. The SMILES string of the molecule is CC(C)c1cc(C(=O)N[C@H]2CCc3ccccc3C2)no1. The number of hydrogen-bond donors (Lipinski definition) is 1. The number of nitrogens with one attached hydrogen (secondary N) is 1. The normalized spacial score (nSPS) is 17.6. The van der Waals surface area contributed by atoms with E-state index in [4.69, 9.17) is 4.52 Å². The lowest BCUT2D eigenvalue weighted by Gasteiger charge is -2.25. The fraction of sp³-hybridized carbons (Fsp3) is 0.412. The highest BCUT2D eigenvalue weighted by atomic mass is 16.5. The second-order valence-electron chi connectivity index (χ2n) is 5.95. The molecule has 1 aromatic heterocycles. The average molecular weight is 284 g/mol. The Bertz CT molecular complexity index is 646. The second kappa shape index (κ2) is 5.72. The third-order valence-corrected chi connectivity index (χ3v) is 4.01. The second-order valence-corrected chi connectivity index (χ2v) is 5.95. The Morgan fingerprint density at radius 1 is 1.33 bits per heavy atom. The lowest BCUT2D eigenvalue weighted by Crippen LogP contribution is -2.38. The van der Waals surface area contributed by atoms with Gasteiger partial charge in [0, 0.05) is 18.0 Å². The van der Waals surface area contributed by atoms with Gasteiger partial charge in [0.2, 0.25) is 0 Å². The molecular weight excluding hydrogens is 264 g/mol. The summed E-state index contributed by atoms with van der Waals surface area (Å²) in [5, 5.41) is 6.93. The maximum atomic E-state index is 12.2. The lowest BCUT2D eigenvalue weighted by molar-refractivity contribution is 0.0924. The predicted octanol–water partition coefficient (Wildman–Crippen LogP) is 3.09. The quantitative estimate of drug-likeness (QED) is 0.942. The van der Waals surface area contributed by atoms with Crippen LogP contribution in [0.5, 0.6) is 0 Å². The highest BCUT2D eigenvalue weighted by molar-refractivity contribution is 5.92. The van der Waals surface area contributed by atoms with Crippen molar-refractivity contribution in [3.05, 3.63) is 52.9 Å². The van der Waals surface area contributed by atoms with Gasteiger partial charge in [0.25, 0.3) is 5.91 Å². The van der Waals surface area contributed by atoms with Gasteiger partial charge >= 0.3 is 0 Å². The van der Waals surface area contributed by atoms with Crippen molar-refractivity contribution in [1.82, 2.24) is 10.5 Å². The van der Waals surface area contributed by atoms with Crippen LogP contribution in [-0.4, -0.2) is 17.1 Å². The Hall–Kier alpha value is -2.10. The van der Waals surface area contributed by atoms with Gasteiger partial charge in [-0.05, 0) is 30.4 Å². The predicted molar refractivity (Wildman–Crippen MR) is 80.3 cm³/mol. The smallest absolute Gasteiger partial charge is 0.273 e. The molecule has 1 N–H and O–H groups in total. The molecule has 0 saturated carbocycles. The molecule has 1 amide bonds. The van der Waals surface area contributed by atoms with Crippen LogP contribution in [-0.2, 0) is 12.8 Å². The molecule has 110 valence electrons. The molecule has 1 aromatic carbocycles. The number of rotatable bonds is 3. The van der Waals surface area contributed by atoms with E-state index in [9.17, 15) is 4.79 Å². The van der Waals surface area contributed by atoms with Crippen LogP contribution in [0.1, 0.15) is 53.6 Å². The Balaban J connectivity index is 1.66. The van der Waals surface area contributed by atoms with Crippen LogP contribution in [0.15, 0.2) is 34.9 Å². The zero-order valence-electron chi connectivity index (χ0n) is 12.4. The van der Waals surface area contributed by atoms with Gasteiger partial charge in [-0.25, -0.2) is 0 Å². The van der Waals surface area contributed by atoms with Crippen molar-refractivity contribution < 1.29 is 9.32 Å². The molecule has 1 atom stereocenters. The average Bonchev–Trinajstić information content (AvgIpc) is 2.97. The van der Waals surface area contributed by atoms with Crippen molar-refractivity contribution in [2.75, 3.05) is 0 Å². The first-order valence-electron chi connectivity index (χ1n) is 7.47. The summed E-state index contributed by atoms with van der Waals surface area (Å²) in [6.07, 6.45) is 2.87. The van der Waals surface area contributed by atoms with Gasteiger partial charge in [-0.1, -0.05) is 43.3 Å². The zero-order chi connectivity index (χ0) is 14.8. The zero-order valence-corrected chi connectivity index (χ0v) is 12.4. The van der Waals surface area contributed by atoms with Crippen molar-refractivity contribution in [1.29, 1.82) is 0 Å². The third-order valence-electron chi connectivity index (χ3n) is 4.01. The van der Waals surface area contributed by atoms with Gasteiger partial charge < -0.3 is 9.84 Å². The number of carbonyl (C=O) groups excluding carboxylic acids is 1. The minimum absolute atomic E-state index is 0.143. The molecule has 0 aliphatic heterocycles. The number of aromatic nitrogens is 1. The van der Waals surface area contributed by atoms with E-state index in [2.05, 4.69) is 34.7 Å². The van der Waals surface area contributed by atoms with E-state index in [1.165, 1.54) is 11.1 Å². The lowest BCUT2D eigenvalue weighted by atomic mass is 9.88. The fourth-order valence-corrected chi connectivity index (χ4v) is 2.75. The number of hydrogen-bond acceptors (Lipinski definition) is 3. The van der Waals surface area contributed by atoms with Gasteiger partial charge in [-0.3, -0.25) is 4.79 Å². The fourth-order valence-electron chi connectivity index (χ4n) is 2.75. The van der Waals surface area contributed by atoms with E-state index in [1.54, 1.807) is 6.07 Å². The minimum atomic E-state index is -0.143. The van der Waals surface area contributed by atoms with Crippen LogP contribution in [0.25, 0.3) is 0 Å². The molecule has 0 unspecified atom stereocenters. The molecule has 1 aliphatic carbocycles. The standard InChI is InChI=1S/C17H20N2O2/c1-11(2)16-10-15(19-21-16)17(20)18-14-8-7-12-5-3-4-6-13(12)9-14/h3-6,10-11,14H,7-9H2,1-2H3,(H,18,20)/t14-/m0/s1. The van der Waals surface area contributed by atoms with E-state index >= 15 is 0 Å². The molecule has 4 nitrogen and oxygen atoms in total. The molecule has 0 spiro atoms. The molecule has 1 aliphatic rings. The largest absolute Gasteiger partial charge is 0.360 e. The topological polar surface area (TPSA) is 55.1 Å². The van der Waals surface area contributed by atoms with Crippen LogP contribution < -0.4 is 5.32 Å². The molecule has 1 heterocycles. The molecular formula is C17H20N2O2. The van der Waals surface area contributed by atoms with Crippen molar-refractivity contribution in [3.63, 3.8) is 0 Å². The molecule has 2 aromatic rings. The molecule has 0 saturated heterocycles. The van der Waals surface area contributed by atoms with Crippen LogP contribution in [0.3, 0.4) is 0 Å². The summed E-state index contributed by atoms with van der Waals surface area (Å²) in [5.74, 6) is 0.838. The van der Waals surface area contributed by atoms with Crippen molar-refractivity contribution >= 4 is 5.91 Å². The van der Waals surface area contributed by atoms with E-state index in [0.29, 0.717) is 5.69 Å². The maximum absolute atomic E-state index is 12.2. The first-order valence-corrected chi connectivity index (χ1v) is 7.47. The summed E-state index contributed by atoms with van der Waals surface area (Å²) in [7, 11) is 0. The number of amides is 1. The molecule has 0 radical (unpaired) electrons. The number of benzene rings is 1. The van der Waals surface area contributed by atoms with Gasteiger partial charge in [-0.15, -0.1) is 0 Å². The molecule has 4 heteroatoms. The van der Waals surface area contributed by atoms with Crippen LogP contribution in [0, 0.1) is 0 Å². The first kappa shape index (κ1) is 13.9. The summed E-state index contributed by atoms with van der Waals surface area (Å²) in [5.41, 5.74) is 3.10. The van der Waals surface area contributed by atoms with Gasteiger partial charge in [0.1, 0.15) is 5.76 Å². The van der Waals surface area contributed by atoms with Crippen LogP contribution >= 0.6 is 0 Å². The summed E-state index contributed by atoms with van der Waals surface area (Å²) in [4.78, 5) is 12.2. The minimum Gasteiger partial charge on any atom is -0.360 e. The van der Waals surface area contributed by atoms with Crippen molar-refractivity contribution in [2.24, 2.45) is 0 Å². The summed E-state index contributed by atoms with van der Waals surface area (Å²) in [6.45, 7) is 4.03. The van der Waals surface area contributed by atoms with E-state index in [-0.39, 0.29) is 17.9 Å². The highest BCUT2D eigenvalue weighted by Gasteiger charge is 2.22. The van der Waals surface area contributed by atoms with Crippen LogP contribution in [0.2, 0.25) is 0 Å². The Labute approximate surface area is 124 Å². The van der Waals surface area contributed by atoms with Crippen molar-refractivity contribution in [2.45, 2.75) is 45.1 Å². The van der Waals surface area contributed by atoms with E-state index in [1.807, 2.05) is 13.8 Å². The summed E-state index contributed by atoms with van der Waals surface area (Å²) < 4.78 is 5.18. The van der Waals surface area contributed by atoms with E-state index in [0.717, 1.165) is 25.0 Å². The monoisotopic (exact) mass is 284 g/mol. The summed E-state index contributed by atoms with van der Waals surface area (Å²) in [6, 6.07) is 10.3. The van der Waals surface area contributed by atoms with Crippen LogP contribution in [0.4, 0.5) is 0 Å². The Kier molecular flexibility index (Phi) is 3.78. The van der Waals surface area contributed by atoms with Gasteiger partial charge in [0.05, 0.1) is 0 Å². The molecule has 21 heavy (non-hydrogen) atoms. The van der Waals surface area contributed by atoms with Gasteiger partial charge in [-0.2, -0.15) is 0 Å². The molecule has 3 rings (SSSR count). The first-order chi connectivity index (χ1) is 10.1. The Morgan fingerprint density at radius 3 is 2.81 bits per heavy atom. The van der Waals surface area contributed by atoms with Gasteiger partial charge in [0.15, 0.2) is 5.69 Å². The summed E-state index contributed by atoms with van der Waals surface area (Å²) >= 11 is 0. The van der Waals surface area contributed by atoms with Crippen molar-refractivity contribution in [3.8, 4) is 0 Å². The Morgan fingerprint density at radius 2 is 2.10 bits per heavy atom. The number of aryl methyl sites for hydroxylation is 1. The molecule has 0 fully saturated rings.